The molecule has 1 aliphatic rings. The molecule has 5 aromatic rings. The molecule has 0 spiro atoms. The van der Waals surface area contributed by atoms with E-state index in [1.54, 1.807) is 11.8 Å². The summed E-state index contributed by atoms with van der Waals surface area (Å²) in [4.78, 5) is 17.8. The number of anilines is 2. The van der Waals surface area contributed by atoms with Crippen LogP contribution in [0.1, 0.15) is 6.42 Å². The standard InChI is InChI=1S/C27H22N3OS/c1-28-16-14-22-20(18-28)19-8-2-3-9-21(19)29(22)17-15-27(31)30-23-10-4-6-12-25(23)32-26-13-7-5-11-24(26)30/h2-14,16,18H,15,17H2,1H3/q+1. The van der Waals surface area contributed by atoms with E-state index in [-0.39, 0.29) is 5.91 Å². The first-order chi connectivity index (χ1) is 15.7. The Hall–Kier alpha value is -3.57. The number of aromatic nitrogens is 2. The van der Waals surface area contributed by atoms with Crippen molar-refractivity contribution in [2.45, 2.75) is 22.8 Å². The molecule has 0 radical (unpaired) electrons. The van der Waals surface area contributed by atoms with Crippen LogP contribution in [0.5, 0.6) is 0 Å². The quantitative estimate of drug-likeness (QED) is 0.333. The van der Waals surface area contributed by atoms with Crippen molar-refractivity contribution in [2.75, 3.05) is 4.90 Å². The van der Waals surface area contributed by atoms with E-state index in [2.05, 4.69) is 64.0 Å². The minimum atomic E-state index is 0.109. The first kappa shape index (κ1) is 19.1. The molecule has 156 valence electrons. The van der Waals surface area contributed by atoms with Gasteiger partial charge in [0.25, 0.3) is 0 Å². The monoisotopic (exact) mass is 436 g/mol. The topological polar surface area (TPSA) is 29.1 Å². The van der Waals surface area contributed by atoms with Crippen LogP contribution < -0.4 is 9.47 Å². The van der Waals surface area contributed by atoms with Crippen molar-refractivity contribution in [3.05, 3.63) is 91.3 Å². The Balaban J connectivity index is 1.39. The van der Waals surface area contributed by atoms with E-state index in [0.717, 1.165) is 32.2 Å². The maximum absolute atomic E-state index is 13.6. The average Bonchev–Trinajstić information content (AvgIpc) is 3.13. The normalized spacial score (nSPS) is 12.7. The van der Waals surface area contributed by atoms with Crippen LogP contribution in [0.2, 0.25) is 0 Å². The van der Waals surface area contributed by atoms with Crippen molar-refractivity contribution in [3.63, 3.8) is 0 Å². The molecule has 4 nitrogen and oxygen atoms in total. The van der Waals surface area contributed by atoms with Crippen LogP contribution in [-0.4, -0.2) is 10.5 Å². The summed E-state index contributed by atoms with van der Waals surface area (Å²) in [6.45, 7) is 0.630. The molecule has 0 unspecified atom stereocenters. The van der Waals surface area contributed by atoms with Crippen molar-refractivity contribution >= 4 is 50.8 Å². The third-order valence-electron chi connectivity index (χ3n) is 6.08. The van der Waals surface area contributed by atoms with Crippen molar-refractivity contribution in [1.29, 1.82) is 0 Å². The number of rotatable bonds is 3. The molecular weight excluding hydrogens is 414 g/mol. The van der Waals surface area contributed by atoms with Gasteiger partial charge in [0.05, 0.1) is 22.3 Å². The Morgan fingerprint density at radius 2 is 1.44 bits per heavy atom. The fourth-order valence-corrected chi connectivity index (χ4v) is 5.69. The molecule has 1 aliphatic heterocycles. The molecule has 0 bridgehead atoms. The zero-order chi connectivity index (χ0) is 21.7. The fourth-order valence-electron chi connectivity index (χ4n) is 4.63. The summed E-state index contributed by atoms with van der Waals surface area (Å²) in [6.07, 6.45) is 4.64. The maximum atomic E-state index is 13.6. The highest BCUT2D eigenvalue weighted by atomic mass is 32.2. The Bertz CT molecular complexity index is 1460. The molecule has 32 heavy (non-hydrogen) atoms. The third-order valence-corrected chi connectivity index (χ3v) is 7.21. The lowest BCUT2D eigenvalue weighted by molar-refractivity contribution is -0.670. The molecule has 3 heterocycles. The van der Waals surface area contributed by atoms with E-state index in [9.17, 15) is 4.79 Å². The molecule has 0 N–H and O–H groups in total. The summed E-state index contributed by atoms with van der Waals surface area (Å²) in [6, 6.07) is 26.9. The summed E-state index contributed by atoms with van der Waals surface area (Å²) < 4.78 is 4.35. The second kappa shape index (κ2) is 7.53. The molecule has 0 saturated carbocycles. The van der Waals surface area contributed by atoms with Crippen LogP contribution in [0.15, 0.2) is 101 Å². The van der Waals surface area contributed by atoms with Crippen molar-refractivity contribution in [3.8, 4) is 0 Å². The van der Waals surface area contributed by atoms with Crippen LogP contribution in [-0.2, 0) is 18.4 Å². The number of hydrogen-bond acceptors (Lipinski definition) is 2. The summed E-state index contributed by atoms with van der Waals surface area (Å²) in [7, 11) is 2.04. The van der Waals surface area contributed by atoms with Crippen molar-refractivity contribution in [2.24, 2.45) is 7.05 Å². The zero-order valence-corrected chi connectivity index (χ0v) is 18.5. The van der Waals surface area contributed by atoms with Gasteiger partial charge in [-0.1, -0.05) is 54.2 Å². The molecule has 0 saturated heterocycles. The predicted octanol–water partition coefficient (Wildman–Crippen LogP) is 5.84. The van der Waals surface area contributed by atoms with Crippen LogP contribution in [0.25, 0.3) is 21.8 Å². The van der Waals surface area contributed by atoms with Gasteiger partial charge in [0.15, 0.2) is 12.4 Å². The van der Waals surface area contributed by atoms with Crippen LogP contribution in [0, 0.1) is 0 Å². The third kappa shape index (κ3) is 3.00. The second-order valence-electron chi connectivity index (χ2n) is 8.09. The number of carbonyl (C=O) groups excluding carboxylic acids is 1. The summed E-state index contributed by atoms with van der Waals surface area (Å²) >= 11 is 1.72. The number of pyridine rings is 1. The van der Waals surface area contributed by atoms with Gasteiger partial charge in [-0.2, -0.15) is 0 Å². The van der Waals surface area contributed by atoms with E-state index < -0.39 is 0 Å². The van der Waals surface area contributed by atoms with Gasteiger partial charge in [-0.3, -0.25) is 9.69 Å². The maximum Gasteiger partial charge on any atom is 0.233 e. The lowest BCUT2D eigenvalue weighted by Gasteiger charge is -2.31. The van der Waals surface area contributed by atoms with E-state index in [1.165, 1.54) is 10.8 Å². The van der Waals surface area contributed by atoms with E-state index >= 15 is 0 Å². The van der Waals surface area contributed by atoms with Gasteiger partial charge < -0.3 is 4.57 Å². The predicted molar refractivity (Wildman–Crippen MR) is 129 cm³/mol. The molecule has 3 aromatic carbocycles. The van der Waals surface area contributed by atoms with Gasteiger partial charge in [0.1, 0.15) is 7.05 Å². The zero-order valence-electron chi connectivity index (χ0n) is 17.7. The molecule has 6 rings (SSSR count). The van der Waals surface area contributed by atoms with Gasteiger partial charge in [0, 0.05) is 39.7 Å². The van der Waals surface area contributed by atoms with E-state index in [1.807, 2.05) is 48.3 Å². The number of benzene rings is 3. The molecule has 0 fully saturated rings. The Morgan fingerprint density at radius 1 is 0.812 bits per heavy atom. The summed E-state index contributed by atoms with van der Waals surface area (Å²) in [5, 5.41) is 2.43. The highest BCUT2D eigenvalue weighted by Crippen LogP contribution is 2.48. The van der Waals surface area contributed by atoms with Crippen molar-refractivity contribution in [1.82, 2.24) is 4.57 Å². The lowest BCUT2D eigenvalue weighted by Crippen LogP contribution is -2.29. The van der Waals surface area contributed by atoms with Crippen LogP contribution >= 0.6 is 11.8 Å². The van der Waals surface area contributed by atoms with Crippen LogP contribution in [0.4, 0.5) is 11.4 Å². The minimum Gasteiger partial charge on any atom is -0.340 e. The SMILES string of the molecule is C[n+]1ccc2c(c1)c1ccccc1n2CCC(=O)N1c2ccccc2Sc2ccccc21. The molecule has 5 heteroatoms. The largest absolute Gasteiger partial charge is 0.340 e. The first-order valence-electron chi connectivity index (χ1n) is 10.8. The highest BCUT2D eigenvalue weighted by molar-refractivity contribution is 7.99. The molecule has 1 amide bonds. The van der Waals surface area contributed by atoms with Crippen molar-refractivity contribution < 1.29 is 9.36 Å². The molecular formula is C27H22N3OS+. The van der Waals surface area contributed by atoms with Gasteiger partial charge in [-0.05, 0) is 30.3 Å². The number of carbonyl (C=O) groups is 1. The lowest BCUT2D eigenvalue weighted by atomic mass is 10.2. The highest BCUT2D eigenvalue weighted by Gasteiger charge is 2.27. The van der Waals surface area contributed by atoms with E-state index in [0.29, 0.717) is 13.0 Å². The number of amides is 1. The summed E-state index contributed by atoms with van der Waals surface area (Å²) in [5.41, 5.74) is 4.26. The molecule has 2 aromatic heterocycles. The Kier molecular flexibility index (Phi) is 4.51. The second-order valence-corrected chi connectivity index (χ2v) is 9.18. The van der Waals surface area contributed by atoms with E-state index in [4.69, 9.17) is 0 Å². The van der Waals surface area contributed by atoms with Gasteiger partial charge in [-0.15, -0.1) is 0 Å². The number of nitrogens with zero attached hydrogens (tertiary/aromatic N) is 3. The molecule has 0 aliphatic carbocycles. The number of hydrogen-bond donors (Lipinski definition) is 0. The Morgan fingerprint density at radius 3 is 2.19 bits per heavy atom. The number of para-hydroxylation sites is 3. The summed E-state index contributed by atoms with van der Waals surface area (Å²) in [5.74, 6) is 0.109. The fraction of sp³-hybridized carbons (Fsp3) is 0.111. The number of fused-ring (bicyclic) bond motifs is 5. The smallest absolute Gasteiger partial charge is 0.233 e. The number of aryl methyl sites for hydroxylation is 2. The van der Waals surface area contributed by atoms with Gasteiger partial charge in [0.2, 0.25) is 5.91 Å². The average molecular weight is 437 g/mol. The Labute approximate surface area is 190 Å². The molecule has 0 atom stereocenters. The first-order valence-corrected chi connectivity index (χ1v) is 11.6. The minimum absolute atomic E-state index is 0.109. The van der Waals surface area contributed by atoms with Gasteiger partial charge in [-0.25, -0.2) is 4.57 Å². The van der Waals surface area contributed by atoms with Gasteiger partial charge >= 0.3 is 0 Å². The van der Waals surface area contributed by atoms with Crippen LogP contribution in [0.3, 0.4) is 0 Å².